The second-order valence-corrected chi connectivity index (χ2v) is 9.29. The molecule has 1 aliphatic rings. The summed E-state index contributed by atoms with van der Waals surface area (Å²) in [6.45, 7) is 0.605. The lowest BCUT2D eigenvalue weighted by atomic mass is 9.79. The minimum atomic E-state index is -1.45. The summed E-state index contributed by atoms with van der Waals surface area (Å²) in [7, 11) is 1.55. The number of aliphatic imine (C=N–C) groups is 1. The Morgan fingerprint density at radius 2 is 1.63 bits per heavy atom. The van der Waals surface area contributed by atoms with Crippen molar-refractivity contribution in [3.05, 3.63) is 121 Å². The van der Waals surface area contributed by atoms with Crippen molar-refractivity contribution in [2.45, 2.75) is 37.6 Å². The van der Waals surface area contributed by atoms with Gasteiger partial charge in [0.25, 0.3) is 5.91 Å². The molecule has 0 radical (unpaired) electrons. The molecule has 0 unspecified atom stereocenters. The minimum absolute atomic E-state index is 0.0405. The highest BCUT2D eigenvalue weighted by molar-refractivity contribution is 6.01. The van der Waals surface area contributed by atoms with E-state index in [2.05, 4.69) is 25.4 Å². The quantitative estimate of drug-likeness (QED) is 0.126. The summed E-state index contributed by atoms with van der Waals surface area (Å²) in [5.74, 6) is 0.534. The van der Waals surface area contributed by atoms with Crippen LogP contribution >= 0.6 is 0 Å². The van der Waals surface area contributed by atoms with Gasteiger partial charge in [0.05, 0.1) is 19.7 Å². The van der Waals surface area contributed by atoms with Crippen LogP contribution in [0.2, 0.25) is 0 Å². The maximum absolute atomic E-state index is 13.9. The number of ether oxygens (including phenoxy) is 2. The van der Waals surface area contributed by atoms with Gasteiger partial charge in [0.1, 0.15) is 5.75 Å². The maximum Gasteiger partial charge on any atom is 0.252 e. The number of benzene rings is 3. The fraction of sp³-hybridized carbons (Fsp3) is 0.310. The molecule has 41 heavy (non-hydrogen) atoms. The third kappa shape index (κ3) is 6.59. The molecule has 0 aromatic heterocycles. The van der Waals surface area contributed by atoms with E-state index in [4.69, 9.17) is 30.6 Å². The van der Waals surface area contributed by atoms with Gasteiger partial charge in [0.2, 0.25) is 5.90 Å². The van der Waals surface area contributed by atoms with E-state index in [1.165, 1.54) is 0 Å². The van der Waals surface area contributed by atoms with Crippen molar-refractivity contribution in [2.75, 3.05) is 20.3 Å². The van der Waals surface area contributed by atoms with Gasteiger partial charge in [-0.1, -0.05) is 58.8 Å². The monoisotopic (exact) mass is 554 g/mol. The summed E-state index contributed by atoms with van der Waals surface area (Å²) < 4.78 is 12.2. The number of nitrogens with zero attached hydrogens (tertiary/aromatic N) is 7. The molecule has 12 nitrogen and oxygen atoms in total. The molecule has 0 aliphatic carbocycles. The topological polar surface area (TPSA) is 178 Å². The van der Waals surface area contributed by atoms with Crippen molar-refractivity contribution in [1.82, 2.24) is 5.32 Å². The van der Waals surface area contributed by atoms with Crippen LogP contribution in [0.25, 0.3) is 20.9 Å². The second kappa shape index (κ2) is 13.9. The molecule has 4 rings (SSSR count). The van der Waals surface area contributed by atoms with Gasteiger partial charge in [-0.3, -0.25) is 4.79 Å². The molecule has 0 saturated carbocycles. The third-order valence-corrected chi connectivity index (χ3v) is 6.78. The summed E-state index contributed by atoms with van der Waals surface area (Å²) in [6, 6.07) is 21.9. The van der Waals surface area contributed by atoms with Crippen LogP contribution in [0.3, 0.4) is 0 Å². The zero-order valence-corrected chi connectivity index (χ0v) is 22.6. The molecule has 210 valence electrons. The van der Waals surface area contributed by atoms with Gasteiger partial charge < -0.3 is 19.9 Å². The molecule has 0 saturated heterocycles. The van der Waals surface area contributed by atoms with Crippen LogP contribution in [0.1, 0.15) is 40.3 Å². The molecule has 1 aliphatic heterocycles. The summed E-state index contributed by atoms with van der Waals surface area (Å²) in [4.78, 5) is 24.6. The molecule has 0 bridgehead atoms. The SMILES string of the molecule is CNC(=O)[C@]1(Cc2ccccc2CN=[N+]=[N-])N=C(c2ccc(OCCCO)cc2)O[C@@H]1c1ccccc1CN=[N+]=[N-]. The van der Waals surface area contributed by atoms with Crippen molar-refractivity contribution in [2.24, 2.45) is 15.2 Å². The normalized spacial score (nSPS) is 17.4. The van der Waals surface area contributed by atoms with Crippen molar-refractivity contribution in [3.63, 3.8) is 0 Å². The largest absolute Gasteiger partial charge is 0.494 e. The second-order valence-electron chi connectivity index (χ2n) is 9.29. The predicted molar refractivity (Wildman–Crippen MR) is 153 cm³/mol. The first-order valence-corrected chi connectivity index (χ1v) is 13.1. The highest BCUT2D eigenvalue weighted by Gasteiger charge is 2.53. The molecular weight excluding hydrogens is 524 g/mol. The minimum Gasteiger partial charge on any atom is -0.494 e. The van der Waals surface area contributed by atoms with Gasteiger partial charge in [-0.25, -0.2) is 4.99 Å². The van der Waals surface area contributed by atoms with E-state index in [0.717, 1.165) is 11.1 Å². The number of azide groups is 2. The Labute approximate surface area is 236 Å². The Hall–Kier alpha value is -5.02. The van der Waals surface area contributed by atoms with Crippen LogP contribution in [0, 0.1) is 0 Å². The van der Waals surface area contributed by atoms with Crippen LogP contribution in [-0.4, -0.2) is 42.7 Å². The number of carbonyl (C=O) groups excluding carboxylic acids is 1. The van der Waals surface area contributed by atoms with Crippen LogP contribution in [0.5, 0.6) is 5.75 Å². The fourth-order valence-corrected chi connectivity index (χ4v) is 4.80. The van der Waals surface area contributed by atoms with E-state index in [0.29, 0.717) is 35.5 Å². The number of aliphatic hydroxyl groups is 1. The standard InChI is InChI=1S/C29H30N8O4/c1-32-28(39)29(17-21-7-2-3-8-22(21)18-33-36-30)26(25-10-5-4-9-23(25)19-34-37-31)41-27(35-29)20-11-13-24(14-12-20)40-16-6-15-38/h2-5,7-14,26,38H,6,15-19H2,1H3,(H,32,39)/t26-,29-/m1/s1. The smallest absolute Gasteiger partial charge is 0.252 e. The Morgan fingerprint density at radius 3 is 2.29 bits per heavy atom. The number of amides is 1. The van der Waals surface area contributed by atoms with E-state index < -0.39 is 11.6 Å². The van der Waals surface area contributed by atoms with Gasteiger partial charge in [0, 0.05) is 41.9 Å². The van der Waals surface area contributed by atoms with E-state index in [1.54, 1.807) is 31.3 Å². The average Bonchev–Trinajstić information content (AvgIpc) is 3.39. The zero-order chi connectivity index (χ0) is 29.1. The molecule has 12 heteroatoms. The highest BCUT2D eigenvalue weighted by Crippen LogP contribution is 2.44. The van der Waals surface area contributed by atoms with Crippen LogP contribution in [0.4, 0.5) is 0 Å². The number of likely N-dealkylation sites (N-methyl/N-ethyl adjacent to an activating group) is 1. The summed E-state index contributed by atoms with van der Waals surface area (Å²) >= 11 is 0. The molecule has 3 aromatic carbocycles. The Balaban J connectivity index is 1.84. The van der Waals surface area contributed by atoms with E-state index in [9.17, 15) is 4.79 Å². The molecule has 2 N–H and O–H groups in total. The average molecular weight is 555 g/mol. The molecule has 0 spiro atoms. The van der Waals surface area contributed by atoms with Crippen LogP contribution < -0.4 is 10.1 Å². The van der Waals surface area contributed by atoms with Crippen molar-refractivity contribution in [3.8, 4) is 5.75 Å². The van der Waals surface area contributed by atoms with Gasteiger partial charge in [-0.2, -0.15) is 0 Å². The summed E-state index contributed by atoms with van der Waals surface area (Å²) in [5.41, 5.74) is 20.0. The van der Waals surface area contributed by atoms with Gasteiger partial charge >= 0.3 is 0 Å². The maximum atomic E-state index is 13.9. The lowest BCUT2D eigenvalue weighted by molar-refractivity contribution is -0.128. The zero-order valence-electron chi connectivity index (χ0n) is 22.6. The fourth-order valence-electron chi connectivity index (χ4n) is 4.80. The number of hydrogen-bond acceptors (Lipinski definition) is 7. The molecule has 2 atom stereocenters. The van der Waals surface area contributed by atoms with Crippen molar-refractivity contribution < 1.29 is 19.4 Å². The molecular formula is C29H30N8O4. The molecule has 0 fully saturated rings. The lowest BCUT2D eigenvalue weighted by Crippen LogP contribution is -2.49. The van der Waals surface area contributed by atoms with Crippen molar-refractivity contribution in [1.29, 1.82) is 0 Å². The Kier molecular flexibility index (Phi) is 9.80. The Bertz CT molecular complexity index is 1500. The van der Waals surface area contributed by atoms with E-state index in [-0.39, 0.29) is 37.9 Å². The summed E-state index contributed by atoms with van der Waals surface area (Å²) in [5, 5.41) is 19.3. The van der Waals surface area contributed by atoms with Crippen LogP contribution in [0.15, 0.2) is 88.0 Å². The number of rotatable bonds is 13. The van der Waals surface area contributed by atoms with Gasteiger partial charge in [-0.05, 0) is 57.6 Å². The number of hydrogen-bond donors (Lipinski definition) is 2. The van der Waals surface area contributed by atoms with Crippen molar-refractivity contribution >= 4 is 11.8 Å². The van der Waals surface area contributed by atoms with E-state index in [1.807, 2.05) is 48.5 Å². The molecule has 3 aromatic rings. The summed E-state index contributed by atoms with van der Waals surface area (Å²) in [6.07, 6.45) is -0.198. The highest BCUT2D eigenvalue weighted by atomic mass is 16.5. The van der Waals surface area contributed by atoms with Gasteiger partial charge in [-0.15, -0.1) is 0 Å². The molecule has 1 amide bonds. The first-order valence-electron chi connectivity index (χ1n) is 13.1. The lowest BCUT2D eigenvalue weighted by Gasteiger charge is -2.31. The number of aliphatic hydroxyl groups excluding tert-OH is 1. The first kappa shape index (κ1) is 29.0. The third-order valence-electron chi connectivity index (χ3n) is 6.78. The first-order chi connectivity index (χ1) is 20.1. The van der Waals surface area contributed by atoms with Gasteiger partial charge in [0.15, 0.2) is 11.6 Å². The predicted octanol–water partition coefficient (Wildman–Crippen LogP) is 5.31. The van der Waals surface area contributed by atoms with Crippen LogP contribution in [-0.2, 0) is 29.0 Å². The number of nitrogens with one attached hydrogen (secondary N) is 1. The number of carbonyl (C=O) groups is 1. The molecule has 1 heterocycles. The Morgan fingerprint density at radius 1 is 1.00 bits per heavy atom. The van der Waals surface area contributed by atoms with E-state index >= 15 is 0 Å².